The van der Waals surface area contributed by atoms with Crippen LogP contribution in [0.3, 0.4) is 0 Å². The molecule has 0 aliphatic carbocycles. The normalized spacial score (nSPS) is 18.2. The van der Waals surface area contributed by atoms with Gasteiger partial charge in [0, 0.05) is 32.5 Å². The highest BCUT2D eigenvalue weighted by Gasteiger charge is 2.10. The Hall–Kier alpha value is -1.03. The number of imidazole rings is 1. The molecule has 1 aromatic rings. The molecule has 0 spiro atoms. The molecular weight excluding hydrogens is 190 g/mol. The van der Waals surface area contributed by atoms with Crippen LogP contribution in [0.2, 0.25) is 0 Å². The largest absolute Gasteiger partial charge is 0.327 e. The first-order chi connectivity index (χ1) is 7.27. The summed E-state index contributed by atoms with van der Waals surface area (Å²) >= 11 is 0. The Balaban J connectivity index is 1.87. The molecule has 0 atom stereocenters. The molecule has 1 aromatic heterocycles. The van der Waals surface area contributed by atoms with Gasteiger partial charge in [-0.3, -0.25) is 4.57 Å². The van der Waals surface area contributed by atoms with Gasteiger partial charge in [0.1, 0.15) is 0 Å². The van der Waals surface area contributed by atoms with E-state index >= 15 is 0 Å². The topological polar surface area (TPSA) is 30.2 Å². The molecule has 0 unspecified atom stereocenters. The fourth-order valence-corrected chi connectivity index (χ4v) is 2.11. The SMILES string of the molecule is Cn1ccn(CCN2CCCCC2)c1=O. The smallest absolute Gasteiger partial charge is 0.302 e. The number of aryl methyl sites for hydroxylation is 1. The highest BCUT2D eigenvalue weighted by molar-refractivity contribution is 4.80. The fraction of sp³-hybridized carbons (Fsp3) is 0.727. The van der Waals surface area contributed by atoms with Gasteiger partial charge in [0.15, 0.2) is 0 Å². The molecule has 1 saturated heterocycles. The van der Waals surface area contributed by atoms with E-state index < -0.39 is 0 Å². The van der Waals surface area contributed by atoms with Crippen molar-refractivity contribution in [1.29, 1.82) is 0 Å². The molecule has 1 aliphatic rings. The van der Waals surface area contributed by atoms with Crippen LogP contribution in [0.1, 0.15) is 19.3 Å². The van der Waals surface area contributed by atoms with Gasteiger partial charge in [0.05, 0.1) is 0 Å². The summed E-state index contributed by atoms with van der Waals surface area (Å²) in [5, 5.41) is 0. The second-order valence-corrected chi connectivity index (χ2v) is 4.29. The molecule has 0 N–H and O–H groups in total. The Bertz CT molecular complexity index is 360. The van der Waals surface area contributed by atoms with Gasteiger partial charge in [-0.25, -0.2) is 4.79 Å². The quantitative estimate of drug-likeness (QED) is 0.732. The van der Waals surface area contributed by atoms with Crippen molar-refractivity contribution < 1.29 is 0 Å². The minimum Gasteiger partial charge on any atom is -0.302 e. The van der Waals surface area contributed by atoms with Crippen molar-refractivity contribution >= 4 is 0 Å². The first-order valence-corrected chi connectivity index (χ1v) is 5.71. The number of aromatic nitrogens is 2. The molecule has 2 rings (SSSR count). The monoisotopic (exact) mass is 209 g/mol. The molecule has 0 aromatic carbocycles. The first-order valence-electron chi connectivity index (χ1n) is 5.71. The van der Waals surface area contributed by atoms with Crippen LogP contribution in [-0.4, -0.2) is 33.7 Å². The van der Waals surface area contributed by atoms with E-state index in [0.29, 0.717) is 0 Å². The number of nitrogens with zero attached hydrogens (tertiary/aromatic N) is 3. The Morgan fingerprint density at radius 3 is 2.47 bits per heavy atom. The van der Waals surface area contributed by atoms with Crippen molar-refractivity contribution in [1.82, 2.24) is 14.0 Å². The van der Waals surface area contributed by atoms with E-state index in [0.717, 1.165) is 13.1 Å². The molecule has 84 valence electrons. The van der Waals surface area contributed by atoms with Crippen molar-refractivity contribution in [2.24, 2.45) is 7.05 Å². The molecule has 0 saturated carbocycles. The Labute approximate surface area is 90.1 Å². The van der Waals surface area contributed by atoms with Crippen molar-refractivity contribution in [2.75, 3.05) is 19.6 Å². The zero-order valence-electron chi connectivity index (χ0n) is 9.35. The molecule has 0 bridgehead atoms. The summed E-state index contributed by atoms with van der Waals surface area (Å²) in [5.41, 5.74) is 0.0898. The highest BCUT2D eigenvalue weighted by Crippen LogP contribution is 2.07. The van der Waals surface area contributed by atoms with Gasteiger partial charge < -0.3 is 9.47 Å². The molecule has 15 heavy (non-hydrogen) atoms. The Morgan fingerprint density at radius 2 is 1.87 bits per heavy atom. The molecule has 4 heteroatoms. The Kier molecular flexibility index (Phi) is 3.26. The van der Waals surface area contributed by atoms with Crippen LogP contribution in [-0.2, 0) is 13.6 Å². The van der Waals surface area contributed by atoms with Crippen LogP contribution in [0.5, 0.6) is 0 Å². The lowest BCUT2D eigenvalue weighted by Crippen LogP contribution is -2.34. The van der Waals surface area contributed by atoms with Crippen LogP contribution in [0, 0.1) is 0 Å². The van der Waals surface area contributed by atoms with Gasteiger partial charge in [-0.15, -0.1) is 0 Å². The lowest BCUT2D eigenvalue weighted by Gasteiger charge is -2.26. The van der Waals surface area contributed by atoms with E-state index in [1.807, 2.05) is 12.4 Å². The van der Waals surface area contributed by atoms with Crippen LogP contribution < -0.4 is 5.69 Å². The van der Waals surface area contributed by atoms with Crippen molar-refractivity contribution in [3.05, 3.63) is 22.9 Å². The molecule has 2 heterocycles. The summed E-state index contributed by atoms with van der Waals surface area (Å²) < 4.78 is 3.41. The maximum Gasteiger partial charge on any atom is 0.327 e. The number of piperidine rings is 1. The zero-order chi connectivity index (χ0) is 10.7. The first kappa shape index (κ1) is 10.5. The van der Waals surface area contributed by atoms with E-state index in [9.17, 15) is 4.79 Å². The third kappa shape index (κ3) is 2.50. The molecule has 1 fully saturated rings. The van der Waals surface area contributed by atoms with Gasteiger partial charge in [0.25, 0.3) is 0 Å². The lowest BCUT2D eigenvalue weighted by molar-refractivity contribution is 0.220. The number of rotatable bonds is 3. The maximum absolute atomic E-state index is 11.5. The van der Waals surface area contributed by atoms with Crippen LogP contribution in [0.4, 0.5) is 0 Å². The molecule has 4 nitrogen and oxygen atoms in total. The van der Waals surface area contributed by atoms with Gasteiger partial charge in [-0.1, -0.05) is 6.42 Å². The third-order valence-corrected chi connectivity index (χ3v) is 3.12. The van der Waals surface area contributed by atoms with Crippen molar-refractivity contribution in [2.45, 2.75) is 25.8 Å². The summed E-state index contributed by atoms with van der Waals surface area (Å²) in [6, 6.07) is 0. The summed E-state index contributed by atoms with van der Waals surface area (Å²) in [6.45, 7) is 4.22. The van der Waals surface area contributed by atoms with Crippen LogP contribution in [0.15, 0.2) is 17.2 Å². The summed E-state index contributed by atoms with van der Waals surface area (Å²) in [4.78, 5) is 14.0. The zero-order valence-corrected chi connectivity index (χ0v) is 9.35. The Morgan fingerprint density at radius 1 is 1.13 bits per heavy atom. The average molecular weight is 209 g/mol. The van der Waals surface area contributed by atoms with E-state index in [1.54, 1.807) is 16.2 Å². The summed E-state index contributed by atoms with van der Waals surface area (Å²) in [5.74, 6) is 0. The lowest BCUT2D eigenvalue weighted by atomic mass is 10.1. The fourth-order valence-electron chi connectivity index (χ4n) is 2.11. The van der Waals surface area contributed by atoms with E-state index in [-0.39, 0.29) is 5.69 Å². The van der Waals surface area contributed by atoms with Crippen molar-refractivity contribution in [3.63, 3.8) is 0 Å². The number of hydrogen-bond acceptors (Lipinski definition) is 2. The molecule has 1 aliphatic heterocycles. The van der Waals surface area contributed by atoms with Crippen LogP contribution >= 0.6 is 0 Å². The molecule has 0 radical (unpaired) electrons. The third-order valence-electron chi connectivity index (χ3n) is 3.12. The van der Waals surface area contributed by atoms with E-state index in [2.05, 4.69) is 4.90 Å². The van der Waals surface area contributed by atoms with Gasteiger partial charge in [0.2, 0.25) is 0 Å². The van der Waals surface area contributed by atoms with Crippen LogP contribution in [0.25, 0.3) is 0 Å². The molecular formula is C11H19N3O. The standard InChI is InChI=1S/C11H19N3O/c1-12-7-9-14(11(12)15)10-8-13-5-3-2-4-6-13/h7,9H,2-6,8,10H2,1H3. The second kappa shape index (κ2) is 4.66. The van der Waals surface area contributed by atoms with Gasteiger partial charge >= 0.3 is 5.69 Å². The minimum atomic E-state index is 0.0898. The second-order valence-electron chi connectivity index (χ2n) is 4.29. The number of hydrogen-bond donors (Lipinski definition) is 0. The highest BCUT2D eigenvalue weighted by atomic mass is 16.1. The molecule has 0 amide bonds. The number of likely N-dealkylation sites (tertiary alicyclic amines) is 1. The average Bonchev–Trinajstić information content (AvgIpc) is 2.59. The predicted molar refractivity (Wildman–Crippen MR) is 60.0 cm³/mol. The van der Waals surface area contributed by atoms with E-state index in [1.165, 1.54) is 32.4 Å². The van der Waals surface area contributed by atoms with Crippen molar-refractivity contribution in [3.8, 4) is 0 Å². The van der Waals surface area contributed by atoms with Gasteiger partial charge in [-0.05, 0) is 25.9 Å². The summed E-state index contributed by atoms with van der Waals surface area (Å²) in [7, 11) is 1.79. The summed E-state index contributed by atoms with van der Waals surface area (Å²) in [6.07, 6.45) is 7.67. The minimum absolute atomic E-state index is 0.0898. The van der Waals surface area contributed by atoms with Gasteiger partial charge in [-0.2, -0.15) is 0 Å². The predicted octanol–water partition coefficient (Wildman–Crippen LogP) is 0.673. The van der Waals surface area contributed by atoms with E-state index in [4.69, 9.17) is 0 Å². The maximum atomic E-state index is 11.5.